The summed E-state index contributed by atoms with van der Waals surface area (Å²) in [7, 11) is 0. The molecular weight excluding hydrogens is 324 g/mol. The maximum atomic E-state index is 12.3. The Morgan fingerprint density at radius 1 is 1.25 bits per heavy atom. The van der Waals surface area contributed by atoms with Crippen LogP contribution in [0.15, 0.2) is 57.0 Å². The average Bonchev–Trinajstić information content (AvgIpc) is 3.23. The van der Waals surface area contributed by atoms with Crippen LogP contribution >= 0.6 is 0 Å². The lowest BCUT2D eigenvalue weighted by Crippen LogP contribution is -2.04. The van der Waals surface area contributed by atoms with Gasteiger partial charge in [-0.3, -0.25) is 0 Å². The second-order valence-corrected chi connectivity index (χ2v) is 4.45. The molecule has 0 radical (unpaired) electrons. The Labute approximate surface area is 134 Å². The van der Waals surface area contributed by atoms with E-state index in [1.54, 1.807) is 24.3 Å². The molecule has 0 fully saturated rings. The second kappa shape index (κ2) is 7.36. The molecule has 0 N–H and O–H groups in total. The van der Waals surface area contributed by atoms with Crippen molar-refractivity contribution in [3.8, 4) is 17.1 Å². The van der Waals surface area contributed by atoms with Gasteiger partial charge in [0.2, 0.25) is 5.82 Å². The third-order valence-corrected chi connectivity index (χ3v) is 2.84. The molecule has 0 saturated carbocycles. The largest absolute Gasteiger partial charge is 0.472 e. The lowest BCUT2D eigenvalue weighted by Gasteiger charge is -2.06. The summed E-state index contributed by atoms with van der Waals surface area (Å²) in [5.41, 5.74) is 1.02. The van der Waals surface area contributed by atoms with Gasteiger partial charge in [0.25, 0.3) is 5.89 Å². The Balaban J connectivity index is 1.58. The van der Waals surface area contributed by atoms with Crippen LogP contribution in [-0.4, -0.2) is 23.0 Å². The van der Waals surface area contributed by atoms with Gasteiger partial charge in [0.1, 0.15) is 12.0 Å². The number of nitrogens with zero attached hydrogens (tertiary/aromatic N) is 3. The van der Waals surface area contributed by atoms with Gasteiger partial charge in [0.15, 0.2) is 6.61 Å². The van der Waals surface area contributed by atoms with Gasteiger partial charge < -0.3 is 18.5 Å². The predicted molar refractivity (Wildman–Crippen MR) is 77.5 cm³/mol. The predicted octanol–water partition coefficient (Wildman–Crippen LogP) is 3.48. The van der Waals surface area contributed by atoms with E-state index < -0.39 is 6.61 Å². The third-order valence-electron chi connectivity index (χ3n) is 2.84. The molecule has 3 rings (SSSR count). The van der Waals surface area contributed by atoms with Crippen LogP contribution in [0.3, 0.4) is 0 Å². The van der Waals surface area contributed by atoms with E-state index in [4.69, 9.17) is 13.8 Å². The van der Waals surface area contributed by atoms with Crippen molar-refractivity contribution in [1.29, 1.82) is 0 Å². The zero-order chi connectivity index (χ0) is 16.8. The minimum atomic E-state index is -2.92. The average molecular weight is 335 g/mol. The Bertz CT molecular complexity index is 803. The molecule has 0 aliphatic rings. The molecule has 0 aliphatic carbocycles. The van der Waals surface area contributed by atoms with E-state index in [1.165, 1.54) is 24.8 Å². The third kappa shape index (κ3) is 3.94. The van der Waals surface area contributed by atoms with Gasteiger partial charge in [-0.1, -0.05) is 22.4 Å². The maximum absolute atomic E-state index is 12.3. The summed E-state index contributed by atoms with van der Waals surface area (Å²) in [5, 5.41) is 7.44. The van der Waals surface area contributed by atoms with E-state index >= 15 is 0 Å². The van der Waals surface area contributed by atoms with Crippen molar-refractivity contribution >= 4 is 6.21 Å². The molecule has 1 aromatic carbocycles. The van der Waals surface area contributed by atoms with E-state index in [-0.39, 0.29) is 18.2 Å². The molecule has 2 heterocycles. The highest BCUT2D eigenvalue weighted by Crippen LogP contribution is 2.19. The highest BCUT2D eigenvalue weighted by Gasteiger charge is 2.10. The molecular formula is C15H11F2N3O4. The van der Waals surface area contributed by atoms with Gasteiger partial charge in [-0.15, -0.1) is 0 Å². The van der Waals surface area contributed by atoms with Gasteiger partial charge in [0.05, 0.1) is 18.0 Å². The molecule has 2 aromatic heterocycles. The quantitative estimate of drug-likeness (QED) is 0.485. The van der Waals surface area contributed by atoms with Crippen LogP contribution in [0, 0.1) is 0 Å². The van der Waals surface area contributed by atoms with E-state index in [1.807, 2.05) is 0 Å². The molecule has 0 unspecified atom stereocenters. The number of hydrogen-bond donors (Lipinski definition) is 0. The number of rotatable bonds is 7. The lowest BCUT2D eigenvalue weighted by atomic mass is 10.2. The Morgan fingerprint density at radius 2 is 2.12 bits per heavy atom. The Kier molecular flexibility index (Phi) is 4.80. The van der Waals surface area contributed by atoms with Crippen molar-refractivity contribution in [3.05, 3.63) is 54.3 Å². The minimum Gasteiger partial charge on any atom is -0.472 e. The van der Waals surface area contributed by atoms with Crippen LogP contribution in [0.5, 0.6) is 5.75 Å². The van der Waals surface area contributed by atoms with Crippen LogP contribution in [0.4, 0.5) is 8.78 Å². The lowest BCUT2D eigenvalue weighted by molar-refractivity contribution is -0.0499. The molecule has 0 bridgehead atoms. The number of ether oxygens (including phenoxy) is 1. The highest BCUT2D eigenvalue weighted by atomic mass is 19.3. The van der Waals surface area contributed by atoms with Crippen LogP contribution in [0.25, 0.3) is 11.4 Å². The fourth-order valence-electron chi connectivity index (χ4n) is 1.80. The minimum absolute atomic E-state index is 0.000107. The molecule has 0 atom stereocenters. The first kappa shape index (κ1) is 15.7. The van der Waals surface area contributed by atoms with Crippen LogP contribution in [0.2, 0.25) is 0 Å². The SMILES string of the molecule is FC(F)Oc1ccccc1C=NOCc1nc(-c2ccoc2)no1. The number of oxime groups is 1. The van der Waals surface area contributed by atoms with Crippen LogP contribution in [0.1, 0.15) is 11.5 Å². The van der Waals surface area contributed by atoms with E-state index in [9.17, 15) is 8.78 Å². The summed E-state index contributed by atoms with van der Waals surface area (Å²) in [6, 6.07) is 7.89. The van der Waals surface area contributed by atoms with Crippen LogP contribution < -0.4 is 4.74 Å². The van der Waals surface area contributed by atoms with Crippen molar-refractivity contribution in [2.45, 2.75) is 13.2 Å². The van der Waals surface area contributed by atoms with Crippen molar-refractivity contribution in [3.63, 3.8) is 0 Å². The van der Waals surface area contributed by atoms with Crippen molar-refractivity contribution in [1.82, 2.24) is 10.1 Å². The number of para-hydroxylation sites is 1. The first-order valence-electron chi connectivity index (χ1n) is 6.76. The Morgan fingerprint density at radius 3 is 2.92 bits per heavy atom. The van der Waals surface area contributed by atoms with Gasteiger partial charge in [-0.2, -0.15) is 13.8 Å². The molecule has 0 aliphatic heterocycles. The number of alkyl halides is 2. The first-order chi connectivity index (χ1) is 11.7. The molecule has 124 valence electrons. The number of hydrogen-bond acceptors (Lipinski definition) is 7. The van der Waals surface area contributed by atoms with Crippen molar-refractivity contribution in [2.75, 3.05) is 0 Å². The van der Waals surface area contributed by atoms with E-state index in [0.29, 0.717) is 17.0 Å². The zero-order valence-corrected chi connectivity index (χ0v) is 12.1. The molecule has 0 spiro atoms. The van der Waals surface area contributed by atoms with E-state index in [0.717, 1.165) is 0 Å². The first-order valence-corrected chi connectivity index (χ1v) is 6.76. The van der Waals surface area contributed by atoms with Crippen molar-refractivity contribution < 1.29 is 27.3 Å². The molecule has 3 aromatic rings. The smallest absolute Gasteiger partial charge is 0.387 e. The number of aromatic nitrogens is 2. The number of furan rings is 1. The topological polar surface area (TPSA) is 82.9 Å². The summed E-state index contributed by atoms with van der Waals surface area (Å²) < 4.78 is 38.9. The fourth-order valence-corrected chi connectivity index (χ4v) is 1.80. The van der Waals surface area contributed by atoms with Crippen LogP contribution in [-0.2, 0) is 11.4 Å². The maximum Gasteiger partial charge on any atom is 0.387 e. The zero-order valence-electron chi connectivity index (χ0n) is 12.1. The fraction of sp³-hybridized carbons (Fsp3) is 0.133. The second-order valence-electron chi connectivity index (χ2n) is 4.45. The highest BCUT2D eigenvalue weighted by molar-refractivity contribution is 5.83. The summed E-state index contributed by atoms with van der Waals surface area (Å²) in [6.45, 7) is -2.99. The Hall–Kier alpha value is -3.23. The summed E-state index contributed by atoms with van der Waals surface area (Å²) >= 11 is 0. The van der Waals surface area contributed by atoms with Crippen molar-refractivity contribution in [2.24, 2.45) is 5.16 Å². The van der Waals surface area contributed by atoms with Gasteiger partial charge in [-0.05, 0) is 18.2 Å². The molecule has 9 heteroatoms. The standard InChI is InChI=1S/C15H11F2N3O4/c16-15(17)23-12-4-2-1-3-10(12)7-18-22-9-13-19-14(20-24-13)11-5-6-21-8-11/h1-8,15H,9H2. The van der Waals surface area contributed by atoms with Gasteiger partial charge in [0, 0.05) is 5.56 Å². The summed E-state index contributed by atoms with van der Waals surface area (Å²) in [4.78, 5) is 9.11. The molecule has 0 saturated heterocycles. The monoisotopic (exact) mass is 335 g/mol. The summed E-state index contributed by atoms with van der Waals surface area (Å²) in [6.07, 6.45) is 4.23. The number of benzene rings is 1. The van der Waals surface area contributed by atoms with Gasteiger partial charge in [-0.25, -0.2) is 0 Å². The molecule has 7 nitrogen and oxygen atoms in total. The number of halogens is 2. The van der Waals surface area contributed by atoms with Gasteiger partial charge >= 0.3 is 6.61 Å². The summed E-state index contributed by atoms with van der Waals surface area (Å²) in [5.74, 6) is 0.572. The molecule has 24 heavy (non-hydrogen) atoms. The molecule has 0 amide bonds. The normalized spacial score (nSPS) is 11.3. The van der Waals surface area contributed by atoms with E-state index in [2.05, 4.69) is 20.0 Å².